The van der Waals surface area contributed by atoms with Gasteiger partial charge in [0.05, 0.1) is 5.41 Å². The average molecular weight is 240 g/mol. The predicted octanol–water partition coefficient (Wildman–Crippen LogP) is 1.89. The lowest BCUT2D eigenvalue weighted by Crippen LogP contribution is -2.36. The van der Waals surface area contributed by atoms with E-state index < -0.39 is 5.41 Å². The van der Waals surface area contributed by atoms with Gasteiger partial charge >= 0.3 is 0 Å². The van der Waals surface area contributed by atoms with Crippen molar-refractivity contribution >= 4 is 23.6 Å². The predicted molar refractivity (Wildman–Crippen MR) is 63.6 cm³/mol. The molecule has 0 radical (unpaired) electrons. The highest BCUT2D eigenvalue weighted by molar-refractivity contribution is 6.05. The summed E-state index contributed by atoms with van der Waals surface area (Å²) < 4.78 is 0. The molecule has 96 valence electrons. The highest BCUT2D eigenvalue weighted by Crippen LogP contribution is 2.28. The van der Waals surface area contributed by atoms with E-state index in [0.29, 0.717) is 19.1 Å². The quantitative estimate of drug-likeness (QED) is 0.456. The van der Waals surface area contributed by atoms with Crippen molar-refractivity contribution in [2.45, 2.75) is 52.9 Å². The van der Waals surface area contributed by atoms with E-state index in [2.05, 4.69) is 0 Å². The monoisotopic (exact) mass is 240 g/mol. The van der Waals surface area contributed by atoms with Crippen LogP contribution < -0.4 is 0 Å². The van der Waals surface area contributed by atoms with Crippen LogP contribution in [0.1, 0.15) is 52.9 Å². The Bertz CT molecular complexity index is 319. The average Bonchev–Trinajstić information content (AvgIpc) is 2.26. The van der Waals surface area contributed by atoms with Crippen molar-refractivity contribution in [1.29, 1.82) is 0 Å². The summed E-state index contributed by atoms with van der Waals surface area (Å²) in [5, 5.41) is 0. The van der Waals surface area contributed by atoms with E-state index in [0.717, 1.165) is 0 Å². The summed E-state index contributed by atoms with van der Waals surface area (Å²) in [7, 11) is 0. The van der Waals surface area contributed by atoms with E-state index >= 15 is 0 Å². The standard InChI is InChI=1S/C13H20O4/c1-4-6-11(16)8-13(9-14,7-10(3)15)12(17)5-2/h9H,4-8H2,1-3H3. The van der Waals surface area contributed by atoms with Gasteiger partial charge in [0, 0.05) is 25.7 Å². The van der Waals surface area contributed by atoms with Gasteiger partial charge in [-0.25, -0.2) is 0 Å². The molecule has 0 spiro atoms. The van der Waals surface area contributed by atoms with Gasteiger partial charge < -0.3 is 4.79 Å². The molecule has 0 rings (SSSR count). The first kappa shape index (κ1) is 15.7. The summed E-state index contributed by atoms with van der Waals surface area (Å²) in [4.78, 5) is 45.7. The molecule has 4 heteroatoms. The van der Waals surface area contributed by atoms with Gasteiger partial charge in [0.2, 0.25) is 0 Å². The van der Waals surface area contributed by atoms with Gasteiger partial charge in [-0.2, -0.15) is 0 Å². The molecular formula is C13H20O4. The Balaban J connectivity index is 5.04. The molecule has 0 bridgehead atoms. The third-order valence-electron chi connectivity index (χ3n) is 2.71. The second kappa shape index (κ2) is 7.09. The second-order valence-corrected chi connectivity index (χ2v) is 4.39. The van der Waals surface area contributed by atoms with Crippen molar-refractivity contribution in [3.8, 4) is 0 Å². The van der Waals surface area contributed by atoms with Crippen LogP contribution in [0.25, 0.3) is 0 Å². The molecule has 0 N–H and O–H groups in total. The Morgan fingerprint density at radius 3 is 2.06 bits per heavy atom. The lowest BCUT2D eigenvalue weighted by molar-refractivity contribution is -0.142. The van der Waals surface area contributed by atoms with Gasteiger partial charge in [0.25, 0.3) is 0 Å². The lowest BCUT2D eigenvalue weighted by atomic mass is 9.75. The van der Waals surface area contributed by atoms with Crippen LogP contribution in [0.15, 0.2) is 0 Å². The zero-order valence-electron chi connectivity index (χ0n) is 10.7. The highest BCUT2D eigenvalue weighted by atomic mass is 16.2. The molecular weight excluding hydrogens is 220 g/mol. The fourth-order valence-corrected chi connectivity index (χ4v) is 1.92. The number of carbonyl (C=O) groups is 4. The molecule has 0 aliphatic heterocycles. The minimum absolute atomic E-state index is 0.136. The molecule has 0 aromatic carbocycles. The van der Waals surface area contributed by atoms with Crippen molar-refractivity contribution in [1.82, 2.24) is 0 Å². The number of Topliss-reactive ketones (excluding diaryl/α,β-unsaturated/α-hetero) is 3. The van der Waals surface area contributed by atoms with Gasteiger partial charge in [-0.15, -0.1) is 0 Å². The van der Waals surface area contributed by atoms with Crippen LogP contribution >= 0.6 is 0 Å². The second-order valence-electron chi connectivity index (χ2n) is 4.39. The maximum absolute atomic E-state index is 11.8. The van der Waals surface area contributed by atoms with Crippen LogP contribution in [0.5, 0.6) is 0 Å². The third-order valence-corrected chi connectivity index (χ3v) is 2.71. The van der Waals surface area contributed by atoms with Crippen molar-refractivity contribution in [2.24, 2.45) is 5.41 Å². The van der Waals surface area contributed by atoms with E-state index in [-0.39, 0.29) is 36.6 Å². The largest absolute Gasteiger partial charge is 0.302 e. The molecule has 1 atom stereocenters. The van der Waals surface area contributed by atoms with Gasteiger partial charge in [-0.3, -0.25) is 14.4 Å². The van der Waals surface area contributed by atoms with E-state index in [1.807, 2.05) is 6.92 Å². The Kier molecular flexibility index (Phi) is 6.54. The minimum Gasteiger partial charge on any atom is -0.302 e. The number of ketones is 3. The SMILES string of the molecule is CCCC(=O)CC(C=O)(CC(C)=O)C(=O)CC. The Morgan fingerprint density at radius 2 is 1.71 bits per heavy atom. The fraction of sp³-hybridized carbons (Fsp3) is 0.692. The first-order valence-electron chi connectivity index (χ1n) is 5.92. The van der Waals surface area contributed by atoms with E-state index in [4.69, 9.17) is 0 Å². The van der Waals surface area contributed by atoms with E-state index in [1.54, 1.807) is 6.92 Å². The summed E-state index contributed by atoms with van der Waals surface area (Å²) in [5.74, 6) is -0.710. The van der Waals surface area contributed by atoms with Crippen LogP contribution in [-0.2, 0) is 19.2 Å². The van der Waals surface area contributed by atoms with Crippen LogP contribution in [0.2, 0.25) is 0 Å². The molecule has 0 amide bonds. The lowest BCUT2D eigenvalue weighted by Gasteiger charge is -2.24. The third kappa shape index (κ3) is 4.59. The van der Waals surface area contributed by atoms with Gasteiger partial charge in [0.15, 0.2) is 0 Å². The van der Waals surface area contributed by atoms with E-state index in [1.165, 1.54) is 6.92 Å². The zero-order chi connectivity index (χ0) is 13.5. The Morgan fingerprint density at radius 1 is 1.12 bits per heavy atom. The molecule has 0 aromatic rings. The maximum Gasteiger partial charge on any atom is 0.146 e. The van der Waals surface area contributed by atoms with Crippen LogP contribution in [-0.4, -0.2) is 23.6 Å². The van der Waals surface area contributed by atoms with Crippen molar-refractivity contribution in [2.75, 3.05) is 0 Å². The fourth-order valence-electron chi connectivity index (χ4n) is 1.92. The summed E-state index contributed by atoms with van der Waals surface area (Å²) in [6.45, 7) is 4.81. The normalized spacial score (nSPS) is 13.8. The Hall–Kier alpha value is -1.32. The van der Waals surface area contributed by atoms with Crippen molar-refractivity contribution < 1.29 is 19.2 Å². The number of hydrogen-bond acceptors (Lipinski definition) is 4. The minimum atomic E-state index is -1.42. The van der Waals surface area contributed by atoms with Crippen LogP contribution in [0.4, 0.5) is 0 Å². The van der Waals surface area contributed by atoms with Crippen molar-refractivity contribution in [3.63, 3.8) is 0 Å². The summed E-state index contributed by atoms with van der Waals surface area (Å²) >= 11 is 0. The Labute approximate surface area is 102 Å². The first-order chi connectivity index (χ1) is 7.91. The molecule has 0 saturated heterocycles. The molecule has 0 saturated carbocycles. The summed E-state index contributed by atoms with van der Waals surface area (Å²) in [6, 6.07) is 0. The zero-order valence-corrected chi connectivity index (χ0v) is 10.7. The molecule has 1 unspecified atom stereocenters. The number of carbonyl (C=O) groups excluding carboxylic acids is 4. The molecule has 0 heterocycles. The highest BCUT2D eigenvalue weighted by Gasteiger charge is 2.39. The smallest absolute Gasteiger partial charge is 0.146 e. The van der Waals surface area contributed by atoms with Crippen LogP contribution in [0.3, 0.4) is 0 Å². The molecule has 0 fully saturated rings. The van der Waals surface area contributed by atoms with E-state index in [9.17, 15) is 19.2 Å². The summed E-state index contributed by atoms with van der Waals surface area (Å²) in [6.07, 6.45) is 1.34. The van der Waals surface area contributed by atoms with Crippen molar-refractivity contribution in [3.05, 3.63) is 0 Å². The van der Waals surface area contributed by atoms with Gasteiger partial charge in [-0.05, 0) is 13.3 Å². The van der Waals surface area contributed by atoms with Gasteiger partial charge in [-0.1, -0.05) is 13.8 Å². The molecule has 0 aliphatic carbocycles. The summed E-state index contributed by atoms with van der Waals surface area (Å²) in [5.41, 5.74) is -1.42. The van der Waals surface area contributed by atoms with Crippen LogP contribution in [0, 0.1) is 5.41 Å². The van der Waals surface area contributed by atoms with Gasteiger partial charge in [0.1, 0.15) is 23.6 Å². The number of aldehydes is 1. The molecule has 4 nitrogen and oxygen atoms in total. The number of hydrogen-bond donors (Lipinski definition) is 0. The number of rotatable bonds is 9. The first-order valence-corrected chi connectivity index (χ1v) is 5.92. The maximum atomic E-state index is 11.8. The molecule has 0 aliphatic rings. The molecule has 0 aromatic heterocycles. The topological polar surface area (TPSA) is 68.3 Å². The molecule has 17 heavy (non-hydrogen) atoms.